The molecule has 1 atom stereocenters. The van der Waals surface area contributed by atoms with Crippen LogP contribution in [0.3, 0.4) is 0 Å². The van der Waals surface area contributed by atoms with E-state index in [9.17, 15) is 4.39 Å². The zero-order valence-corrected chi connectivity index (χ0v) is 9.60. The quantitative estimate of drug-likeness (QED) is 0.882. The average molecular weight is 231 g/mol. The second kappa shape index (κ2) is 5.01. The van der Waals surface area contributed by atoms with Gasteiger partial charge in [0.2, 0.25) is 0 Å². The Kier molecular flexibility index (Phi) is 3.44. The number of hydrogen-bond donors (Lipinski definition) is 1. The minimum absolute atomic E-state index is 0.136. The third kappa shape index (κ3) is 2.65. The standard InChI is InChI=1S/C13H14FN3/c1-9(6-15)13-16-7-11(8-17-13)10-3-2-4-12(14)5-10/h2-5,7-9H,6,15H2,1H3. The van der Waals surface area contributed by atoms with Crippen molar-refractivity contribution in [3.63, 3.8) is 0 Å². The maximum atomic E-state index is 13.1. The van der Waals surface area contributed by atoms with Crippen LogP contribution in [-0.4, -0.2) is 16.5 Å². The highest BCUT2D eigenvalue weighted by molar-refractivity contribution is 5.61. The summed E-state index contributed by atoms with van der Waals surface area (Å²) >= 11 is 0. The Balaban J connectivity index is 2.29. The summed E-state index contributed by atoms with van der Waals surface area (Å²) in [5.41, 5.74) is 7.12. The Morgan fingerprint density at radius 3 is 2.53 bits per heavy atom. The van der Waals surface area contributed by atoms with E-state index in [2.05, 4.69) is 9.97 Å². The molecule has 0 radical (unpaired) electrons. The van der Waals surface area contributed by atoms with Crippen molar-refractivity contribution in [2.45, 2.75) is 12.8 Å². The molecule has 0 aliphatic carbocycles. The molecule has 0 saturated carbocycles. The third-order valence-electron chi connectivity index (χ3n) is 2.62. The fourth-order valence-corrected chi connectivity index (χ4v) is 1.52. The largest absolute Gasteiger partial charge is 0.330 e. The van der Waals surface area contributed by atoms with Gasteiger partial charge in [0.1, 0.15) is 11.6 Å². The predicted octanol–water partition coefficient (Wildman–Crippen LogP) is 2.34. The van der Waals surface area contributed by atoms with E-state index in [1.165, 1.54) is 12.1 Å². The fourth-order valence-electron chi connectivity index (χ4n) is 1.52. The summed E-state index contributed by atoms with van der Waals surface area (Å²) in [6.07, 6.45) is 3.40. The van der Waals surface area contributed by atoms with Gasteiger partial charge in [-0.1, -0.05) is 19.1 Å². The lowest BCUT2D eigenvalue weighted by Crippen LogP contribution is -2.11. The lowest BCUT2D eigenvalue weighted by molar-refractivity contribution is 0.628. The lowest BCUT2D eigenvalue weighted by atomic mass is 10.1. The van der Waals surface area contributed by atoms with E-state index in [1.807, 2.05) is 13.0 Å². The number of nitrogens with two attached hydrogens (primary N) is 1. The SMILES string of the molecule is CC(CN)c1ncc(-c2cccc(F)c2)cn1. The van der Waals surface area contributed by atoms with Crippen molar-refractivity contribution in [1.82, 2.24) is 9.97 Å². The van der Waals surface area contributed by atoms with E-state index in [4.69, 9.17) is 5.73 Å². The Hall–Kier alpha value is -1.81. The summed E-state index contributed by atoms with van der Waals surface area (Å²) in [5.74, 6) is 0.589. The summed E-state index contributed by atoms with van der Waals surface area (Å²) < 4.78 is 13.1. The second-order valence-corrected chi connectivity index (χ2v) is 3.98. The van der Waals surface area contributed by atoms with Gasteiger partial charge >= 0.3 is 0 Å². The van der Waals surface area contributed by atoms with Crippen molar-refractivity contribution < 1.29 is 4.39 Å². The van der Waals surface area contributed by atoms with E-state index >= 15 is 0 Å². The highest BCUT2D eigenvalue weighted by Gasteiger charge is 2.07. The van der Waals surface area contributed by atoms with Crippen molar-refractivity contribution in [3.05, 3.63) is 48.3 Å². The molecule has 0 amide bonds. The van der Waals surface area contributed by atoms with Crippen LogP contribution in [0.15, 0.2) is 36.7 Å². The molecule has 2 aromatic rings. The van der Waals surface area contributed by atoms with Crippen LogP contribution in [-0.2, 0) is 0 Å². The summed E-state index contributed by atoms with van der Waals surface area (Å²) in [5, 5.41) is 0. The molecule has 0 aliphatic heterocycles. The number of benzene rings is 1. The number of nitrogens with zero attached hydrogens (tertiary/aromatic N) is 2. The van der Waals surface area contributed by atoms with E-state index in [0.717, 1.165) is 11.1 Å². The van der Waals surface area contributed by atoms with Gasteiger partial charge in [0.15, 0.2) is 0 Å². The number of hydrogen-bond acceptors (Lipinski definition) is 3. The van der Waals surface area contributed by atoms with Gasteiger partial charge in [0, 0.05) is 30.4 Å². The average Bonchev–Trinajstić information content (AvgIpc) is 2.38. The van der Waals surface area contributed by atoms with Gasteiger partial charge in [0.25, 0.3) is 0 Å². The van der Waals surface area contributed by atoms with Gasteiger partial charge in [-0.25, -0.2) is 14.4 Å². The maximum Gasteiger partial charge on any atom is 0.132 e. The molecule has 17 heavy (non-hydrogen) atoms. The van der Waals surface area contributed by atoms with Crippen molar-refractivity contribution in [3.8, 4) is 11.1 Å². The van der Waals surface area contributed by atoms with Gasteiger partial charge in [0.05, 0.1) is 0 Å². The fraction of sp³-hybridized carbons (Fsp3) is 0.231. The number of rotatable bonds is 3. The first-order chi connectivity index (χ1) is 8.20. The summed E-state index contributed by atoms with van der Waals surface area (Å²) in [6.45, 7) is 2.48. The molecular weight excluding hydrogens is 217 g/mol. The Labute approximate surface area is 99.5 Å². The van der Waals surface area contributed by atoms with Crippen molar-refractivity contribution in [2.24, 2.45) is 5.73 Å². The number of halogens is 1. The van der Waals surface area contributed by atoms with Crippen LogP contribution in [0.25, 0.3) is 11.1 Å². The normalized spacial score (nSPS) is 12.4. The molecule has 1 aromatic heterocycles. The van der Waals surface area contributed by atoms with Crippen LogP contribution in [0, 0.1) is 5.82 Å². The van der Waals surface area contributed by atoms with Gasteiger partial charge < -0.3 is 5.73 Å². The van der Waals surface area contributed by atoms with Crippen LogP contribution in [0.2, 0.25) is 0 Å². The van der Waals surface area contributed by atoms with Crippen LogP contribution < -0.4 is 5.73 Å². The zero-order chi connectivity index (χ0) is 12.3. The summed E-state index contributed by atoms with van der Waals surface area (Å²) in [6, 6.07) is 6.37. The predicted molar refractivity (Wildman–Crippen MR) is 64.9 cm³/mol. The van der Waals surface area contributed by atoms with Crippen LogP contribution >= 0.6 is 0 Å². The highest BCUT2D eigenvalue weighted by Crippen LogP contribution is 2.19. The smallest absolute Gasteiger partial charge is 0.132 e. The Morgan fingerprint density at radius 1 is 1.24 bits per heavy atom. The number of aromatic nitrogens is 2. The van der Waals surface area contributed by atoms with Crippen molar-refractivity contribution in [1.29, 1.82) is 0 Å². The molecule has 1 aromatic carbocycles. The van der Waals surface area contributed by atoms with Crippen LogP contribution in [0.5, 0.6) is 0 Å². The molecule has 0 spiro atoms. The molecule has 0 fully saturated rings. The van der Waals surface area contributed by atoms with Gasteiger partial charge in [-0.15, -0.1) is 0 Å². The molecule has 3 nitrogen and oxygen atoms in total. The van der Waals surface area contributed by atoms with Crippen LogP contribution in [0.1, 0.15) is 18.7 Å². The monoisotopic (exact) mass is 231 g/mol. The first kappa shape index (κ1) is 11.7. The summed E-state index contributed by atoms with van der Waals surface area (Å²) in [4.78, 5) is 8.48. The molecular formula is C13H14FN3. The Bertz CT molecular complexity index is 496. The molecule has 1 unspecified atom stereocenters. The summed E-state index contributed by atoms with van der Waals surface area (Å²) in [7, 11) is 0. The van der Waals surface area contributed by atoms with Gasteiger partial charge in [-0.3, -0.25) is 0 Å². The first-order valence-electron chi connectivity index (χ1n) is 5.48. The molecule has 0 aliphatic rings. The van der Waals surface area contributed by atoms with E-state index in [1.54, 1.807) is 18.5 Å². The minimum Gasteiger partial charge on any atom is -0.330 e. The molecule has 88 valence electrons. The van der Waals surface area contributed by atoms with Crippen LogP contribution in [0.4, 0.5) is 4.39 Å². The molecule has 4 heteroatoms. The minimum atomic E-state index is -0.262. The van der Waals surface area contributed by atoms with E-state index in [-0.39, 0.29) is 11.7 Å². The second-order valence-electron chi connectivity index (χ2n) is 3.98. The van der Waals surface area contributed by atoms with Gasteiger partial charge in [-0.2, -0.15) is 0 Å². The first-order valence-corrected chi connectivity index (χ1v) is 5.48. The third-order valence-corrected chi connectivity index (χ3v) is 2.62. The van der Waals surface area contributed by atoms with E-state index < -0.39 is 0 Å². The lowest BCUT2D eigenvalue weighted by Gasteiger charge is -2.07. The molecule has 2 rings (SSSR count). The molecule has 0 saturated heterocycles. The van der Waals surface area contributed by atoms with Crippen molar-refractivity contribution in [2.75, 3.05) is 6.54 Å². The van der Waals surface area contributed by atoms with Gasteiger partial charge in [-0.05, 0) is 17.7 Å². The maximum absolute atomic E-state index is 13.1. The zero-order valence-electron chi connectivity index (χ0n) is 9.60. The molecule has 0 bridgehead atoms. The Morgan fingerprint density at radius 2 is 1.94 bits per heavy atom. The topological polar surface area (TPSA) is 51.8 Å². The van der Waals surface area contributed by atoms with E-state index in [0.29, 0.717) is 12.4 Å². The highest BCUT2D eigenvalue weighted by atomic mass is 19.1. The molecule has 1 heterocycles. The van der Waals surface area contributed by atoms with Crippen molar-refractivity contribution >= 4 is 0 Å². The molecule has 2 N–H and O–H groups in total.